The summed E-state index contributed by atoms with van der Waals surface area (Å²) in [6.07, 6.45) is 0.443. The van der Waals surface area contributed by atoms with Gasteiger partial charge in [-0.15, -0.1) is 11.8 Å². The number of aromatic nitrogens is 1. The minimum absolute atomic E-state index is 0.0804. The fraction of sp³-hybridized carbons (Fsp3) is 0.250. The number of thioether (sulfide) groups is 1. The van der Waals surface area contributed by atoms with Crippen LogP contribution < -0.4 is 5.32 Å². The van der Waals surface area contributed by atoms with E-state index in [0.717, 1.165) is 11.3 Å². The SMILES string of the molecule is Cc1cccc(CC(=O)NCCSc2c(C)[nH]c3ccccc23)c1. The van der Waals surface area contributed by atoms with Gasteiger partial charge in [0.15, 0.2) is 0 Å². The van der Waals surface area contributed by atoms with Crippen molar-refractivity contribution in [2.75, 3.05) is 12.3 Å². The summed E-state index contributed by atoms with van der Waals surface area (Å²) < 4.78 is 0. The molecule has 0 aliphatic carbocycles. The van der Waals surface area contributed by atoms with Crippen LogP contribution in [0.3, 0.4) is 0 Å². The highest BCUT2D eigenvalue weighted by Gasteiger charge is 2.08. The highest BCUT2D eigenvalue weighted by atomic mass is 32.2. The van der Waals surface area contributed by atoms with E-state index in [2.05, 4.69) is 41.5 Å². The van der Waals surface area contributed by atoms with E-state index in [1.165, 1.54) is 27.1 Å². The zero-order valence-electron chi connectivity index (χ0n) is 14.1. The van der Waals surface area contributed by atoms with Crippen molar-refractivity contribution in [3.63, 3.8) is 0 Å². The monoisotopic (exact) mass is 338 g/mol. The predicted octanol–water partition coefficient (Wildman–Crippen LogP) is 4.24. The van der Waals surface area contributed by atoms with Crippen molar-refractivity contribution in [1.29, 1.82) is 0 Å². The van der Waals surface area contributed by atoms with Crippen molar-refractivity contribution in [3.8, 4) is 0 Å². The van der Waals surface area contributed by atoms with Crippen LogP contribution in [0.4, 0.5) is 0 Å². The first-order chi connectivity index (χ1) is 11.6. The van der Waals surface area contributed by atoms with Gasteiger partial charge in [-0.2, -0.15) is 0 Å². The Hall–Kier alpha value is -2.20. The van der Waals surface area contributed by atoms with E-state index in [0.29, 0.717) is 13.0 Å². The van der Waals surface area contributed by atoms with Gasteiger partial charge in [0.2, 0.25) is 5.91 Å². The van der Waals surface area contributed by atoms with Crippen molar-refractivity contribution in [1.82, 2.24) is 10.3 Å². The highest BCUT2D eigenvalue weighted by Crippen LogP contribution is 2.30. The zero-order valence-corrected chi connectivity index (χ0v) is 14.9. The number of aromatic amines is 1. The Bertz CT molecular complexity index is 854. The molecule has 1 heterocycles. The fourth-order valence-corrected chi connectivity index (χ4v) is 3.86. The van der Waals surface area contributed by atoms with Crippen LogP contribution in [0.2, 0.25) is 0 Å². The molecule has 0 spiro atoms. The number of fused-ring (bicyclic) bond motifs is 1. The summed E-state index contributed by atoms with van der Waals surface area (Å²) in [5.74, 6) is 0.944. The third-order valence-corrected chi connectivity index (χ3v) is 5.18. The van der Waals surface area contributed by atoms with Gasteiger partial charge in [0, 0.05) is 33.8 Å². The topological polar surface area (TPSA) is 44.9 Å². The van der Waals surface area contributed by atoms with Crippen LogP contribution in [0.25, 0.3) is 10.9 Å². The summed E-state index contributed by atoms with van der Waals surface area (Å²) in [5.41, 5.74) is 4.60. The molecule has 0 atom stereocenters. The molecule has 0 saturated carbocycles. The number of carbonyl (C=O) groups excluding carboxylic acids is 1. The first kappa shape index (κ1) is 16.7. The van der Waals surface area contributed by atoms with Crippen LogP contribution in [0.1, 0.15) is 16.8 Å². The average molecular weight is 338 g/mol. The molecule has 2 N–H and O–H groups in total. The third-order valence-electron chi connectivity index (χ3n) is 3.95. The van der Waals surface area contributed by atoms with Crippen LogP contribution in [-0.2, 0) is 11.2 Å². The van der Waals surface area contributed by atoms with Gasteiger partial charge < -0.3 is 10.3 Å². The number of rotatable bonds is 6. The quantitative estimate of drug-likeness (QED) is 0.522. The van der Waals surface area contributed by atoms with E-state index < -0.39 is 0 Å². The van der Waals surface area contributed by atoms with Gasteiger partial charge in [-0.05, 0) is 25.5 Å². The molecule has 4 heteroatoms. The maximum Gasteiger partial charge on any atom is 0.224 e. The average Bonchev–Trinajstić information content (AvgIpc) is 2.87. The Morgan fingerprint density at radius 2 is 1.96 bits per heavy atom. The number of para-hydroxylation sites is 1. The van der Waals surface area contributed by atoms with E-state index in [1.807, 2.05) is 31.2 Å². The predicted molar refractivity (Wildman–Crippen MR) is 102 cm³/mol. The number of aryl methyl sites for hydroxylation is 2. The Morgan fingerprint density at radius 3 is 2.79 bits per heavy atom. The lowest BCUT2D eigenvalue weighted by atomic mass is 10.1. The Kier molecular flexibility index (Phi) is 5.26. The molecule has 3 aromatic rings. The van der Waals surface area contributed by atoms with Gasteiger partial charge in [0.25, 0.3) is 0 Å². The number of hydrogen-bond acceptors (Lipinski definition) is 2. The summed E-state index contributed by atoms with van der Waals surface area (Å²) in [6.45, 7) is 4.81. The van der Waals surface area contributed by atoms with Crippen LogP contribution in [0, 0.1) is 13.8 Å². The van der Waals surface area contributed by atoms with Crippen molar-refractivity contribution >= 4 is 28.6 Å². The maximum atomic E-state index is 12.0. The normalized spacial score (nSPS) is 10.9. The lowest BCUT2D eigenvalue weighted by Gasteiger charge is -2.06. The van der Waals surface area contributed by atoms with Crippen LogP contribution in [0.15, 0.2) is 53.4 Å². The molecule has 0 bridgehead atoms. The summed E-state index contributed by atoms with van der Waals surface area (Å²) in [4.78, 5) is 16.7. The number of H-pyrrole nitrogens is 1. The van der Waals surface area contributed by atoms with Gasteiger partial charge in [-0.1, -0.05) is 48.0 Å². The van der Waals surface area contributed by atoms with Gasteiger partial charge >= 0.3 is 0 Å². The van der Waals surface area contributed by atoms with Crippen molar-refractivity contribution in [3.05, 3.63) is 65.4 Å². The van der Waals surface area contributed by atoms with Crippen molar-refractivity contribution < 1.29 is 4.79 Å². The van der Waals surface area contributed by atoms with Gasteiger partial charge in [-0.3, -0.25) is 4.79 Å². The minimum Gasteiger partial charge on any atom is -0.358 e. The lowest BCUT2D eigenvalue weighted by Crippen LogP contribution is -2.27. The lowest BCUT2D eigenvalue weighted by molar-refractivity contribution is -0.120. The largest absolute Gasteiger partial charge is 0.358 e. The molecule has 124 valence electrons. The van der Waals surface area contributed by atoms with Crippen LogP contribution in [-0.4, -0.2) is 23.2 Å². The molecule has 0 fully saturated rings. The molecule has 0 unspecified atom stereocenters. The molecule has 0 aliphatic heterocycles. The molecule has 0 saturated heterocycles. The summed E-state index contributed by atoms with van der Waals surface area (Å²) in [6, 6.07) is 16.4. The molecule has 1 aromatic heterocycles. The van der Waals surface area contributed by atoms with Crippen LogP contribution in [0.5, 0.6) is 0 Å². The number of benzene rings is 2. The zero-order chi connectivity index (χ0) is 16.9. The highest BCUT2D eigenvalue weighted by molar-refractivity contribution is 7.99. The summed E-state index contributed by atoms with van der Waals surface area (Å²) in [5, 5.41) is 4.27. The molecule has 24 heavy (non-hydrogen) atoms. The molecule has 1 amide bonds. The third kappa shape index (κ3) is 4.01. The summed E-state index contributed by atoms with van der Waals surface area (Å²) in [7, 11) is 0. The molecule has 0 radical (unpaired) electrons. The number of amides is 1. The molecule has 0 aliphatic rings. The first-order valence-corrected chi connectivity index (χ1v) is 9.14. The molecule has 3 nitrogen and oxygen atoms in total. The second-order valence-electron chi connectivity index (χ2n) is 5.99. The standard InChI is InChI=1S/C20H22N2OS/c1-14-6-5-7-16(12-14)13-19(23)21-10-11-24-20-15(2)22-18-9-4-3-8-17(18)20/h3-9,12,22H,10-11,13H2,1-2H3,(H,21,23). The van der Waals surface area contributed by atoms with Gasteiger partial charge in [0.05, 0.1) is 6.42 Å². The first-order valence-electron chi connectivity index (χ1n) is 8.16. The number of nitrogens with one attached hydrogen (secondary N) is 2. The number of hydrogen-bond donors (Lipinski definition) is 2. The Morgan fingerprint density at radius 1 is 1.12 bits per heavy atom. The van der Waals surface area contributed by atoms with E-state index in [9.17, 15) is 4.79 Å². The molecule has 2 aromatic carbocycles. The molecule has 3 rings (SSSR count). The second-order valence-corrected chi connectivity index (χ2v) is 7.09. The van der Waals surface area contributed by atoms with Gasteiger partial charge in [0.1, 0.15) is 0 Å². The van der Waals surface area contributed by atoms with Crippen molar-refractivity contribution in [2.24, 2.45) is 0 Å². The van der Waals surface area contributed by atoms with E-state index in [-0.39, 0.29) is 5.91 Å². The van der Waals surface area contributed by atoms with E-state index in [4.69, 9.17) is 0 Å². The molecular formula is C20H22N2OS. The van der Waals surface area contributed by atoms with E-state index in [1.54, 1.807) is 11.8 Å². The van der Waals surface area contributed by atoms with Crippen molar-refractivity contribution in [2.45, 2.75) is 25.2 Å². The smallest absolute Gasteiger partial charge is 0.224 e. The fourth-order valence-electron chi connectivity index (χ4n) is 2.85. The maximum absolute atomic E-state index is 12.0. The van der Waals surface area contributed by atoms with Crippen LogP contribution >= 0.6 is 11.8 Å². The second kappa shape index (κ2) is 7.58. The van der Waals surface area contributed by atoms with E-state index >= 15 is 0 Å². The number of carbonyl (C=O) groups is 1. The summed E-state index contributed by atoms with van der Waals surface area (Å²) >= 11 is 1.79. The van der Waals surface area contributed by atoms with Gasteiger partial charge in [-0.25, -0.2) is 0 Å². The molecular weight excluding hydrogens is 316 g/mol. The minimum atomic E-state index is 0.0804. The Labute approximate surface area is 146 Å². The Balaban J connectivity index is 1.50.